The number of rotatable bonds is 1. The molecule has 0 N–H and O–H groups in total. The molecule has 72 valence electrons. The van der Waals surface area contributed by atoms with E-state index in [1.807, 2.05) is 12.3 Å². The minimum absolute atomic E-state index is 0.977. The summed E-state index contributed by atoms with van der Waals surface area (Å²) in [6, 6.07) is 8.44. The van der Waals surface area contributed by atoms with E-state index in [-0.39, 0.29) is 0 Å². The molecule has 2 heteroatoms. The lowest BCUT2D eigenvalue weighted by molar-refractivity contribution is 1.33. The number of allylic oxidation sites excluding steroid dienone is 2. The molecule has 3 rings (SSSR count). The second kappa shape index (κ2) is 3.02. The van der Waals surface area contributed by atoms with Crippen molar-refractivity contribution in [3.8, 4) is 0 Å². The van der Waals surface area contributed by atoms with E-state index >= 15 is 0 Å². The molecule has 0 saturated carbocycles. The van der Waals surface area contributed by atoms with Crippen LogP contribution in [0.15, 0.2) is 51.7 Å². The monoisotopic (exact) mass is 194 g/mol. The van der Waals surface area contributed by atoms with Crippen molar-refractivity contribution in [2.45, 2.75) is 6.92 Å². The highest BCUT2D eigenvalue weighted by Gasteiger charge is 2.18. The molecule has 1 aromatic rings. The van der Waals surface area contributed by atoms with Gasteiger partial charge in [-0.3, -0.25) is 9.98 Å². The Hall–Kier alpha value is -1.96. The topological polar surface area (TPSA) is 24.7 Å². The average Bonchev–Trinajstić information content (AvgIpc) is 2.80. The van der Waals surface area contributed by atoms with Gasteiger partial charge in [-0.25, -0.2) is 0 Å². The zero-order valence-corrected chi connectivity index (χ0v) is 8.44. The fourth-order valence-electron chi connectivity index (χ4n) is 1.78. The Labute approximate surface area is 88.4 Å². The van der Waals surface area contributed by atoms with E-state index in [2.05, 4.69) is 41.2 Å². The van der Waals surface area contributed by atoms with Gasteiger partial charge in [0, 0.05) is 18.0 Å². The highest BCUT2D eigenvalue weighted by Crippen LogP contribution is 2.31. The van der Waals surface area contributed by atoms with Gasteiger partial charge in [0.05, 0.1) is 11.4 Å². The molecule has 2 heterocycles. The van der Waals surface area contributed by atoms with Crippen LogP contribution in [0.25, 0.3) is 5.57 Å². The quantitative estimate of drug-likeness (QED) is 0.656. The van der Waals surface area contributed by atoms with Gasteiger partial charge in [0.2, 0.25) is 0 Å². The van der Waals surface area contributed by atoms with Gasteiger partial charge in [0.15, 0.2) is 0 Å². The lowest BCUT2D eigenvalue weighted by atomic mass is 10.0. The second-order valence-corrected chi connectivity index (χ2v) is 3.72. The highest BCUT2D eigenvalue weighted by atomic mass is 14.9. The molecule has 15 heavy (non-hydrogen) atoms. The predicted octanol–water partition coefficient (Wildman–Crippen LogP) is 2.76. The van der Waals surface area contributed by atoms with Crippen molar-refractivity contribution in [3.63, 3.8) is 0 Å². The summed E-state index contributed by atoms with van der Waals surface area (Å²) in [5, 5.41) is 0. The van der Waals surface area contributed by atoms with Gasteiger partial charge in [-0.2, -0.15) is 0 Å². The van der Waals surface area contributed by atoms with Crippen LogP contribution in [0.2, 0.25) is 0 Å². The summed E-state index contributed by atoms with van der Waals surface area (Å²) in [6.07, 6.45) is 5.63. The SMILES string of the molecule is Cc1ccc(C2=C3N=CC=C3N=C2)cc1. The van der Waals surface area contributed by atoms with Gasteiger partial charge in [-0.1, -0.05) is 29.8 Å². The summed E-state index contributed by atoms with van der Waals surface area (Å²) in [4.78, 5) is 8.63. The van der Waals surface area contributed by atoms with Gasteiger partial charge in [-0.15, -0.1) is 0 Å². The number of aryl methyl sites for hydroxylation is 1. The average molecular weight is 194 g/mol. The molecule has 0 amide bonds. The van der Waals surface area contributed by atoms with Crippen LogP contribution in [0, 0.1) is 6.92 Å². The minimum atomic E-state index is 0.977. The summed E-state index contributed by atoms with van der Waals surface area (Å²) >= 11 is 0. The number of hydrogen-bond acceptors (Lipinski definition) is 2. The maximum atomic E-state index is 4.31. The molecular formula is C13H10N2. The minimum Gasteiger partial charge on any atom is -0.254 e. The van der Waals surface area contributed by atoms with Crippen molar-refractivity contribution in [3.05, 3.63) is 52.9 Å². The van der Waals surface area contributed by atoms with E-state index in [0.717, 1.165) is 17.0 Å². The molecule has 0 spiro atoms. The molecule has 0 radical (unpaired) electrons. The molecule has 1 aromatic carbocycles. The van der Waals surface area contributed by atoms with Crippen LogP contribution in [0.4, 0.5) is 0 Å². The lowest BCUT2D eigenvalue weighted by Crippen LogP contribution is -1.86. The third kappa shape index (κ3) is 1.26. The van der Waals surface area contributed by atoms with Crippen LogP contribution in [0.1, 0.15) is 11.1 Å². The van der Waals surface area contributed by atoms with Crippen LogP contribution in [0.5, 0.6) is 0 Å². The Kier molecular flexibility index (Phi) is 1.68. The van der Waals surface area contributed by atoms with Crippen LogP contribution >= 0.6 is 0 Å². The lowest BCUT2D eigenvalue weighted by Gasteiger charge is -2.01. The normalized spacial score (nSPS) is 17.3. The van der Waals surface area contributed by atoms with E-state index in [1.54, 1.807) is 6.21 Å². The first-order chi connectivity index (χ1) is 7.34. The second-order valence-electron chi connectivity index (χ2n) is 3.72. The molecule has 0 unspecified atom stereocenters. The van der Waals surface area contributed by atoms with Crippen molar-refractivity contribution in [2.75, 3.05) is 0 Å². The van der Waals surface area contributed by atoms with Crippen LogP contribution in [0.3, 0.4) is 0 Å². The summed E-state index contributed by atoms with van der Waals surface area (Å²) in [7, 11) is 0. The van der Waals surface area contributed by atoms with E-state index in [9.17, 15) is 0 Å². The maximum Gasteiger partial charge on any atom is 0.0980 e. The fraction of sp³-hybridized carbons (Fsp3) is 0.0769. The molecule has 0 aromatic heterocycles. The smallest absolute Gasteiger partial charge is 0.0980 e. The van der Waals surface area contributed by atoms with Gasteiger partial charge >= 0.3 is 0 Å². The molecule has 0 saturated heterocycles. The largest absolute Gasteiger partial charge is 0.254 e. The Balaban J connectivity index is 2.12. The van der Waals surface area contributed by atoms with Gasteiger partial charge in [0.1, 0.15) is 0 Å². The fourth-order valence-corrected chi connectivity index (χ4v) is 1.78. The van der Waals surface area contributed by atoms with Gasteiger partial charge in [-0.05, 0) is 18.6 Å². The number of nitrogens with zero attached hydrogens (tertiary/aromatic N) is 2. The number of aliphatic imine (C=N–C) groups is 2. The van der Waals surface area contributed by atoms with E-state index in [1.165, 1.54) is 11.1 Å². The van der Waals surface area contributed by atoms with Crippen LogP contribution in [-0.4, -0.2) is 12.4 Å². The summed E-state index contributed by atoms with van der Waals surface area (Å²) in [5.74, 6) is 0. The third-order valence-corrected chi connectivity index (χ3v) is 2.63. The van der Waals surface area contributed by atoms with Crippen LogP contribution in [-0.2, 0) is 0 Å². The molecule has 0 atom stereocenters. The highest BCUT2D eigenvalue weighted by molar-refractivity contribution is 6.16. The summed E-state index contributed by atoms with van der Waals surface area (Å²) in [5.41, 5.74) is 5.55. The zero-order valence-electron chi connectivity index (χ0n) is 8.44. The van der Waals surface area contributed by atoms with E-state index < -0.39 is 0 Å². The van der Waals surface area contributed by atoms with Crippen LogP contribution < -0.4 is 0 Å². The van der Waals surface area contributed by atoms with E-state index in [4.69, 9.17) is 0 Å². The maximum absolute atomic E-state index is 4.31. The molecule has 0 fully saturated rings. The Morgan fingerprint density at radius 3 is 2.60 bits per heavy atom. The van der Waals surface area contributed by atoms with Crippen molar-refractivity contribution >= 4 is 18.0 Å². The zero-order chi connectivity index (χ0) is 10.3. The first-order valence-corrected chi connectivity index (χ1v) is 4.95. The number of fused-ring (bicyclic) bond motifs is 1. The number of hydrogen-bond donors (Lipinski definition) is 0. The van der Waals surface area contributed by atoms with Crippen molar-refractivity contribution < 1.29 is 0 Å². The van der Waals surface area contributed by atoms with Gasteiger partial charge in [0.25, 0.3) is 0 Å². The summed E-state index contributed by atoms with van der Waals surface area (Å²) < 4.78 is 0. The third-order valence-electron chi connectivity index (χ3n) is 2.63. The molecule has 2 aliphatic rings. The Bertz CT molecular complexity index is 528. The van der Waals surface area contributed by atoms with Crippen molar-refractivity contribution in [2.24, 2.45) is 9.98 Å². The van der Waals surface area contributed by atoms with E-state index in [0.29, 0.717) is 0 Å². The standard InChI is InChI=1S/C13H10N2/c1-9-2-4-10(5-3-9)11-8-15-12-6-7-14-13(11)12/h2-8H,1H3. The van der Waals surface area contributed by atoms with Crippen molar-refractivity contribution in [1.29, 1.82) is 0 Å². The molecule has 2 aliphatic heterocycles. The first kappa shape index (κ1) is 8.36. The Morgan fingerprint density at radius 2 is 1.80 bits per heavy atom. The van der Waals surface area contributed by atoms with Crippen molar-refractivity contribution in [1.82, 2.24) is 0 Å². The number of benzene rings is 1. The molecule has 0 aliphatic carbocycles. The first-order valence-electron chi connectivity index (χ1n) is 4.95. The Morgan fingerprint density at radius 1 is 1.00 bits per heavy atom. The molecule has 2 nitrogen and oxygen atoms in total. The molecular weight excluding hydrogens is 184 g/mol. The van der Waals surface area contributed by atoms with Gasteiger partial charge < -0.3 is 0 Å². The predicted molar refractivity (Wildman–Crippen MR) is 63.2 cm³/mol. The summed E-state index contributed by atoms with van der Waals surface area (Å²) in [6.45, 7) is 2.09. The molecule has 0 bridgehead atoms.